The van der Waals surface area contributed by atoms with Gasteiger partial charge in [0.15, 0.2) is 0 Å². The predicted octanol–water partition coefficient (Wildman–Crippen LogP) is 3.13. The maximum absolute atomic E-state index is 5.13. The third-order valence-electron chi connectivity index (χ3n) is 1.13. The van der Waals surface area contributed by atoms with Crippen molar-refractivity contribution in [3.8, 4) is 11.8 Å². The minimum absolute atomic E-state index is 0.975. The van der Waals surface area contributed by atoms with Crippen molar-refractivity contribution in [1.82, 2.24) is 0 Å². The molecule has 0 N–H and O–H groups in total. The second-order valence-electron chi connectivity index (χ2n) is 2.03. The van der Waals surface area contributed by atoms with E-state index in [1.807, 2.05) is 0 Å². The first-order valence-electron chi connectivity index (χ1n) is 3.58. The molecular weight excluding hydrogens is 144 g/mol. The SMILES string of the molecule is CCCCCC#CC=[C]Cl. The summed E-state index contributed by atoms with van der Waals surface area (Å²) in [5, 5.41) is 0. The minimum atomic E-state index is 0.975. The number of rotatable bonds is 3. The van der Waals surface area contributed by atoms with Gasteiger partial charge in [-0.25, -0.2) is 0 Å². The van der Waals surface area contributed by atoms with Crippen LogP contribution in [-0.4, -0.2) is 0 Å². The minimum Gasteiger partial charge on any atom is -0.0985 e. The zero-order valence-electron chi connectivity index (χ0n) is 6.28. The van der Waals surface area contributed by atoms with Gasteiger partial charge in [-0.05, 0) is 6.42 Å². The van der Waals surface area contributed by atoms with Crippen LogP contribution in [0.25, 0.3) is 0 Å². The topological polar surface area (TPSA) is 0 Å². The van der Waals surface area contributed by atoms with Crippen LogP contribution in [0.4, 0.5) is 0 Å². The molecule has 0 unspecified atom stereocenters. The molecule has 10 heavy (non-hydrogen) atoms. The molecule has 0 spiro atoms. The average molecular weight is 156 g/mol. The molecule has 0 aromatic rings. The van der Waals surface area contributed by atoms with Crippen molar-refractivity contribution < 1.29 is 0 Å². The van der Waals surface area contributed by atoms with Crippen LogP contribution in [0.5, 0.6) is 0 Å². The van der Waals surface area contributed by atoms with Crippen LogP contribution in [-0.2, 0) is 0 Å². The van der Waals surface area contributed by atoms with E-state index < -0.39 is 0 Å². The summed E-state index contributed by atoms with van der Waals surface area (Å²) in [5.74, 6) is 5.74. The first-order chi connectivity index (χ1) is 4.91. The van der Waals surface area contributed by atoms with Crippen LogP contribution >= 0.6 is 11.6 Å². The Labute approximate surface area is 68.3 Å². The van der Waals surface area contributed by atoms with Gasteiger partial charge in [0, 0.05) is 12.5 Å². The second kappa shape index (κ2) is 8.59. The molecule has 0 saturated carbocycles. The lowest BCUT2D eigenvalue weighted by Gasteiger charge is -1.86. The molecular formula is C9H12Cl. The highest BCUT2D eigenvalue weighted by Gasteiger charge is 1.78. The summed E-state index contributed by atoms with van der Waals surface area (Å²) in [4.78, 5) is 0. The molecule has 0 aromatic carbocycles. The molecule has 0 aliphatic carbocycles. The van der Waals surface area contributed by atoms with Gasteiger partial charge in [0.1, 0.15) is 0 Å². The van der Waals surface area contributed by atoms with Crippen LogP contribution in [0.15, 0.2) is 6.08 Å². The molecule has 0 atom stereocenters. The van der Waals surface area contributed by atoms with Gasteiger partial charge in [0.05, 0.1) is 5.54 Å². The Morgan fingerprint density at radius 1 is 1.40 bits per heavy atom. The molecule has 0 aliphatic rings. The first kappa shape index (κ1) is 9.59. The Bertz CT molecular complexity index is 137. The normalized spacial score (nSPS) is 9.40. The Balaban J connectivity index is 3.12. The predicted molar refractivity (Wildman–Crippen MR) is 45.6 cm³/mol. The lowest BCUT2D eigenvalue weighted by atomic mass is 10.2. The number of allylic oxidation sites excluding steroid dienone is 1. The van der Waals surface area contributed by atoms with E-state index in [0.717, 1.165) is 6.42 Å². The highest BCUT2D eigenvalue weighted by atomic mass is 35.5. The third kappa shape index (κ3) is 7.59. The Morgan fingerprint density at radius 2 is 2.20 bits per heavy atom. The van der Waals surface area contributed by atoms with Gasteiger partial charge in [-0.15, -0.1) is 0 Å². The van der Waals surface area contributed by atoms with Gasteiger partial charge < -0.3 is 0 Å². The average Bonchev–Trinajstić information content (AvgIpc) is 1.97. The van der Waals surface area contributed by atoms with Gasteiger partial charge in [0.25, 0.3) is 0 Å². The van der Waals surface area contributed by atoms with Gasteiger partial charge in [0.2, 0.25) is 0 Å². The smallest absolute Gasteiger partial charge is 0.0682 e. The van der Waals surface area contributed by atoms with Crippen molar-refractivity contribution >= 4 is 11.6 Å². The molecule has 0 nitrogen and oxygen atoms in total. The van der Waals surface area contributed by atoms with E-state index in [1.165, 1.54) is 25.3 Å². The van der Waals surface area contributed by atoms with Crippen molar-refractivity contribution in [3.63, 3.8) is 0 Å². The van der Waals surface area contributed by atoms with Crippen molar-refractivity contribution in [2.75, 3.05) is 0 Å². The van der Waals surface area contributed by atoms with Crippen LogP contribution < -0.4 is 0 Å². The molecule has 0 heterocycles. The fourth-order valence-electron chi connectivity index (χ4n) is 0.614. The number of hydrogen-bond donors (Lipinski definition) is 0. The summed E-state index contributed by atoms with van der Waals surface area (Å²) in [6, 6.07) is 0. The molecule has 0 amide bonds. The first-order valence-corrected chi connectivity index (χ1v) is 3.95. The molecule has 0 fully saturated rings. The number of hydrogen-bond acceptors (Lipinski definition) is 0. The van der Waals surface area contributed by atoms with Gasteiger partial charge >= 0.3 is 0 Å². The van der Waals surface area contributed by atoms with Gasteiger partial charge in [-0.2, -0.15) is 0 Å². The Hall–Kier alpha value is -0.410. The lowest BCUT2D eigenvalue weighted by molar-refractivity contribution is 0.737. The molecule has 0 aromatic heterocycles. The third-order valence-corrected chi connectivity index (χ3v) is 1.24. The van der Waals surface area contributed by atoms with Crippen LogP contribution in [0.1, 0.15) is 32.6 Å². The van der Waals surface area contributed by atoms with Gasteiger partial charge in [-0.1, -0.05) is 43.2 Å². The Kier molecular flexibility index (Phi) is 8.24. The lowest BCUT2D eigenvalue weighted by Crippen LogP contribution is -1.69. The van der Waals surface area contributed by atoms with E-state index in [-0.39, 0.29) is 0 Å². The maximum atomic E-state index is 5.13. The number of halogens is 1. The van der Waals surface area contributed by atoms with E-state index >= 15 is 0 Å². The molecule has 1 heteroatoms. The molecule has 55 valence electrons. The van der Waals surface area contributed by atoms with Crippen molar-refractivity contribution in [2.24, 2.45) is 0 Å². The van der Waals surface area contributed by atoms with E-state index in [0.29, 0.717) is 0 Å². The summed E-state index contributed by atoms with van der Waals surface area (Å²) in [5.41, 5.74) is 2.33. The summed E-state index contributed by atoms with van der Waals surface area (Å²) in [6.45, 7) is 2.18. The van der Waals surface area contributed by atoms with Crippen molar-refractivity contribution in [3.05, 3.63) is 11.6 Å². The van der Waals surface area contributed by atoms with Crippen molar-refractivity contribution in [1.29, 1.82) is 0 Å². The summed E-state index contributed by atoms with van der Waals surface area (Å²) >= 11 is 5.13. The van der Waals surface area contributed by atoms with E-state index in [1.54, 1.807) is 0 Å². The molecule has 0 bridgehead atoms. The second-order valence-corrected chi connectivity index (χ2v) is 2.25. The van der Waals surface area contributed by atoms with Gasteiger partial charge in [-0.3, -0.25) is 0 Å². The monoisotopic (exact) mass is 155 g/mol. The van der Waals surface area contributed by atoms with E-state index in [9.17, 15) is 0 Å². The fraction of sp³-hybridized carbons (Fsp3) is 0.556. The van der Waals surface area contributed by atoms with E-state index in [4.69, 9.17) is 11.6 Å². The van der Waals surface area contributed by atoms with E-state index in [2.05, 4.69) is 24.3 Å². The maximum Gasteiger partial charge on any atom is 0.0682 e. The zero-order chi connectivity index (χ0) is 7.66. The molecule has 0 aliphatic heterocycles. The number of unbranched alkanes of at least 4 members (excludes halogenated alkanes) is 3. The highest BCUT2D eigenvalue weighted by Crippen LogP contribution is 1.96. The standard InChI is InChI=1S/C9H12Cl/c1-2-3-4-5-6-7-8-9-10/h8H,2-5H2,1H3. The van der Waals surface area contributed by atoms with Crippen LogP contribution in [0.3, 0.4) is 0 Å². The summed E-state index contributed by atoms with van der Waals surface area (Å²) in [7, 11) is 0. The largest absolute Gasteiger partial charge is 0.0985 e. The molecule has 1 radical (unpaired) electrons. The Morgan fingerprint density at radius 3 is 2.80 bits per heavy atom. The quantitative estimate of drug-likeness (QED) is 0.434. The van der Waals surface area contributed by atoms with Crippen LogP contribution in [0, 0.1) is 17.4 Å². The molecule has 0 rings (SSSR count). The molecule has 0 saturated heterocycles. The summed E-state index contributed by atoms with van der Waals surface area (Å²) in [6.07, 6.45) is 6.22. The summed E-state index contributed by atoms with van der Waals surface area (Å²) < 4.78 is 0. The zero-order valence-corrected chi connectivity index (χ0v) is 7.04. The van der Waals surface area contributed by atoms with Crippen molar-refractivity contribution in [2.45, 2.75) is 32.6 Å². The highest BCUT2D eigenvalue weighted by molar-refractivity contribution is 6.22. The fourth-order valence-corrected chi connectivity index (χ4v) is 0.668. The van der Waals surface area contributed by atoms with Crippen LogP contribution in [0.2, 0.25) is 0 Å².